The van der Waals surface area contributed by atoms with Crippen molar-refractivity contribution in [2.75, 3.05) is 20.3 Å². The van der Waals surface area contributed by atoms with Crippen LogP contribution in [0.25, 0.3) is 0 Å². The highest BCUT2D eigenvalue weighted by atomic mass is 16.5. The number of methoxy groups -OCH3 is 1. The van der Waals surface area contributed by atoms with Gasteiger partial charge in [0.2, 0.25) is 0 Å². The molecule has 0 saturated carbocycles. The molecule has 2 amide bonds. The fourth-order valence-corrected chi connectivity index (χ4v) is 2.99. The van der Waals surface area contributed by atoms with E-state index in [1.165, 1.54) is 12.0 Å². The standard InChI is InChI=1S/C21H21NO5/c1-26-21(25)15-9-11-16(12-10-15)27-14-6-2-5-13-22-19(23)17-7-3-4-8-18(17)20(22)24/h3-4,7-12H,2,5-6,13-14H2,1H3. The zero-order valence-corrected chi connectivity index (χ0v) is 15.1. The Labute approximate surface area is 157 Å². The van der Waals surface area contributed by atoms with E-state index in [9.17, 15) is 14.4 Å². The molecule has 1 aliphatic heterocycles. The molecule has 6 heteroatoms. The van der Waals surface area contributed by atoms with E-state index in [0.717, 1.165) is 19.3 Å². The molecule has 0 atom stereocenters. The van der Waals surface area contributed by atoms with Gasteiger partial charge in [0.15, 0.2) is 0 Å². The van der Waals surface area contributed by atoms with Crippen LogP contribution in [0, 0.1) is 0 Å². The highest BCUT2D eigenvalue weighted by Gasteiger charge is 2.34. The number of ether oxygens (including phenoxy) is 2. The van der Waals surface area contributed by atoms with Crippen molar-refractivity contribution in [2.45, 2.75) is 19.3 Å². The van der Waals surface area contributed by atoms with Gasteiger partial charge >= 0.3 is 5.97 Å². The van der Waals surface area contributed by atoms with E-state index in [4.69, 9.17) is 4.74 Å². The largest absolute Gasteiger partial charge is 0.494 e. The third kappa shape index (κ3) is 4.16. The number of carbonyl (C=O) groups is 3. The van der Waals surface area contributed by atoms with Crippen LogP contribution >= 0.6 is 0 Å². The summed E-state index contributed by atoms with van der Waals surface area (Å²) in [5.41, 5.74) is 1.45. The summed E-state index contributed by atoms with van der Waals surface area (Å²) in [5, 5.41) is 0. The number of amides is 2. The van der Waals surface area contributed by atoms with Crippen LogP contribution in [0.5, 0.6) is 5.75 Å². The highest BCUT2D eigenvalue weighted by molar-refractivity contribution is 6.21. The minimum absolute atomic E-state index is 0.211. The zero-order valence-electron chi connectivity index (χ0n) is 15.1. The predicted molar refractivity (Wildman–Crippen MR) is 98.9 cm³/mol. The van der Waals surface area contributed by atoms with E-state index in [1.54, 1.807) is 48.5 Å². The quantitative estimate of drug-likeness (QED) is 0.407. The number of hydrogen-bond donors (Lipinski definition) is 0. The van der Waals surface area contributed by atoms with Gasteiger partial charge in [-0.15, -0.1) is 0 Å². The van der Waals surface area contributed by atoms with Gasteiger partial charge in [-0.2, -0.15) is 0 Å². The molecule has 6 nitrogen and oxygen atoms in total. The van der Waals surface area contributed by atoms with Gasteiger partial charge in [0.05, 0.1) is 30.4 Å². The van der Waals surface area contributed by atoms with Crippen molar-refractivity contribution in [3.05, 3.63) is 65.2 Å². The second-order valence-electron chi connectivity index (χ2n) is 6.23. The monoisotopic (exact) mass is 367 g/mol. The van der Waals surface area contributed by atoms with E-state index in [-0.39, 0.29) is 17.8 Å². The van der Waals surface area contributed by atoms with Gasteiger partial charge in [0.1, 0.15) is 5.75 Å². The maximum atomic E-state index is 12.3. The molecule has 0 spiro atoms. The SMILES string of the molecule is COC(=O)c1ccc(OCCCCCN2C(=O)c3ccccc3C2=O)cc1. The number of rotatable bonds is 8. The normalized spacial score (nSPS) is 12.9. The summed E-state index contributed by atoms with van der Waals surface area (Å²) in [5.74, 6) is -0.118. The lowest BCUT2D eigenvalue weighted by Crippen LogP contribution is -2.30. The van der Waals surface area contributed by atoms with Crippen molar-refractivity contribution in [2.24, 2.45) is 0 Å². The molecule has 2 aromatic rings. The summed E-state index contributed by atoms with van der Waals surface area (Å²) in [6, 6.07) is 13.7. The molecule has 0 radical (unpaired) electrons. The summed E-state index contributed by atoms with van der Waals surface area (Å²) in [6.45, 7) is 0.944. The molecule has 0 N–H and O–H groups in total. The number of unbranched alkanes of at least 4 members (excludes halogenated alkanes) is 2. The lowest BCUT2D eigenvalue weighted by atomic mass is 10.1. The van der Waals surface area contributed by atoms with Gasteiger partial charge in [-0.05, 0) is 55.7 Å². The first-order valence-corrected chi connectivity index (χ1v) is 8.88. The molecule has 27 heavy (non-hydrogen) atoms. The second-order valence-corrected chi connectivity index (χ2v) is 6.23. The van der Waals surface area contributed by atoms with Gasteiger partial charge in [0.25, 0.3) is 11.8 Å². The molecule has 0 unspecified atom stereocenters. The molecule has 0 aromatic heterocycles. The minimum Gasteiger partial charge on any atom is -0.494 e. The van der Waals surface area contributed by atoms with Crippen LogP contribution < -0.4 is 4.74 Å². The molecule has 2 aromatic carbocycles. The summed E-state index contributed by atoms with van der Waals surface area (Å²) < 4.78 is 10.3. The number of benzene rings is 2. The molecule has 0 saturated heterocycles. The van der Waals surface area contributed by atoms with E-state index >= 15 is 0 Å². The number of nitrogens with zero attached hydrogens (tertiary/aromatic N) is 1. The first-order valence-electron chi connectivity index (χ1n) is 8.88. The topological polar surface area (TPSA) is 72.9 Å². The fourth-order valence-electron chi connectivity index (χ4n) is 2.99. The van der Waals surface area contributed by atoms with Gasteiger partial charge in [-0.1, -0.05) is 12.1 Å². The van der Waals surface area contributed by atoms with E-state index in [1.807, 2.05) is 0 Å². The van der Waals surface area contributed by atoms with E-state index in [0.29, 0.717) is 35.6 Å². The molecule has 0 bridgehead atoms. The van der Waals surface area contributed by atoms with Gasteiger partial charge in [-0.3, -0.25) is 14.5 Å². The second kappa shape index (κ2) is 8.49. The fraction of sp³-hybridized carbons (Fsp3) is 0.286. The van der Waals surface area contributed by atoms with Crippen molar-refractivity contribution in [1.82, 2.24) is 4.90 Å². The average molecular weight is 367 g/mol. The Morgan fingerprint density at radius 3 is 2.11 bits per heavy atom. The van der Waals surface area contributed by atoms with E-state index in [2.05, 4.69) is 4.74 Å². The van der Waals surface area contributed by atoms with Gasteiger partial charge in [-0.25, -0.2) is 4.79 Å². The first kappa shape index (κ1) is 18.6. The van der Waals surface area contributed by atoms with Crippen LogP contribution in [0.15, 0.2) is 48.5 Å². The number of fused-ring (bicyclic) bond motifs is 1. The maximum absolute atomic E-state index is 12.3. The van der Waals surface area contributed by atoms with Crippen LogP contribution in [0.2, 0.25) is 0 Å². The Balaban J connectivity index is 1.37. The maximum Gasteiger partial charge on any atom is 0.337 e. The van der Waals surface area contributed by atoms with Crippen LogP contribution in [0.3, 0.4) is 0 Å². The summed E-state index contributed by atoms with van der Waals surface area (Å²) in [7, 11) is 1.34. The minimum atomic E-state index is -0.380. The summed E-state index contributed by atoms with van der Waals surface area (Å²) in [6.07, 6.45) is 2.38. The van der Waals surface area contributed by atoms with E-state index < -0.39 is 0 Å². The average Bonchev–Trinajstić information content (AvgIpc) is 2.95. The van der Waals surface area contributed by atoms with Crippen LogP contribution in [0.1, 0.15) is 50.3 Å². The van der Waals surface area contributed by atoms with Crippen molar-refractivity contribution in [3.8, 4) is 5.75 Å². The zero-order chi connectivity index (χ0) is 19.2. The molecular formula is C21H21NO5. The third-order valence-electron chi connectivity index (χ3n) is 4.45. The van der Waals surface area contributed by atoms with Gasteiger partial charge in [0, 0.05) is 6.54 Å². The molecule has 3 rings (SSSR count). The highest BCUT2D eigenvalue weighted by Crippen LogP contribution is 2.22. The Morgan fingerprint density at radius 1 is 0.889 bits per heavy atom. The number of hydrogen-bond acceptors (Lipinski definition) is 5. The Kier molecular flexibility index (Phi) is 5.86. The Morgan fingerprint density at radius 2 is 1.52 bits per heavy atom. The van der Waals surface area contributed by atoms with Crippen molar-refractivity contribution < 1.29 is 23.9 Å². The Bertz CT molecular complexity index is 809. The predicted octanol–water partition coefficient (Wildman–Crippen LogP) is 3.32. The smallest absolute Gasteiger partial charge is 0.337 e. The summed E-state index contributed by atoms with van der Waals surface area (Å²) in [4.78, 5) is 37.2. The van der Waals surface area contributed by atoms with Crippen LogP contribution in [-0.2, 0) is 4.74 Å². The Hall–Kier alpha value is -3.15. The molecule has 1 aliphatic rings. The molecule has 0 fully saturated rings. The van der Waals surface area contributed by atoms with Crippen LogP contribution in [-0.4, -0.2) is 42.9 Å². The number of imide groups is 1. The third-order valence-corrected chi connectivity index (χ3v) is 4.45. The molecule has 0 aliphatic carbocycles. The van der Waals surface area contributed by atoms with Crippen molar-refractivity contribution in [1.29, 1.82) is 0 Å². The van der Waals surface area contributed by atoms with Gasteiger partial charge < -0.3 is 9.47 Å². The summed E-state index contributed by atoms with van der Waals surface area (Å²) >= 11 is 0. The molecule has 1 heterocycles. The van der Waals surface area contributed by atoms with Crippen LogP contribution in [0.4, 0.5) is 0 Å². The molecule has 140 valence electrons. The van der Waals surface area contributed by atoms with Crippen molar-refractivity contribution >= 4 is 17.8 Å². The molecular weight excluding hydrogens is 346 g/mol. The lowest BCUT2D eigenvalue weighted by molar-refractivity contribution is 0.0598. The first-order chi connectivity index (χ1) is 13.1. The number of esters is 1. The number of carbonyl (C=O) groups excluding carboxylic acids is 3. The lowest BCUT2D eigenvalue weighted by Gasteiger charge is -2.13. The van der Waals surface area contributed by atoms with Crippen molar-refractivity contribution in [3.63, 3.8) is 0 Å².